The van der Waals surface area contributed by atoms with Crippen LogP contribution in [0.1, 0.15) is 0 Å². The number of rotatable bonds is 5. The first-order chi connectivity index (χ1) is 10.4. The summed E-state index contributed by atoms with van der Waals surface area (Å²) in [4.78, 5) is 11.1. The van der Waals surface area contributed by atoms with E-state index in [2.05, 4.69) is 5.32 Å². The number of carbonyl (C=O) groups is 1. The first-order valence-electron chi connectivity index (χ1n) is 6.18. The van der Waals surface area contributed by atoms with E-state index in [1.165, 1.54) is 30.3 Å². The molecule has 2 aromatic rings. The quantitative estimate of drug-likeness (QED) is 0.881. The van der Waals surface area contributed by atoms with Gasteiger partial charge in [-0.05, 0) is 30.3 Å². The molecule has 1 amide bonds. The Morgan fingerprint density at radius 1 is 1.05 bits per heavy atom. The molecule has 0 radical (unpaired) electrons. The number of hydrogen-bond donors (Lipinski definition) is 2. The largest absolute Gasteiger partial charge is 0.325 e. The maximum atomic E-state index is 13.4. The minimum atomic E-state index is -4.15. The van der Waals surface area contributed by atoms with Crippen molar-refractivity contribution in [1.82, 2.24) is 4.72 Å². The molecule has 0 heterocycles. The Bertz CT molecular complexity index is 794. The van der Waals surface area contributed by atoms with E-state index in [1.54, 1.807) is 0 Å². The molecule has 0 saturated carbocycles. The molecule has 2 rings (SSSR count). The Kier molecular flexibility index (Phi) is 4.84. The molecule has 0 saturated heterocycles. The van der Waals surface area contributed by atoms with Crippen LogP contribution in [0.2, 0.25) is 0 Å². The van der Waals surface area contributed by atoms with Crippen molar-refractivity contribution >= 4 is 21.6 Å². The zero-order valence-electron chi connectivity index (χ0n) is 11.2. The fraction of sp³-hybridized carbons (Fsp3) is 0.0714. The zero-order chi connectivity index (χ0) is 16.2. The minimum Gasteiger partial charge on any atom is -0.325 e. The van der Waals surface area contributed by atoms with Gasteiger partial charge in [-0.3, -0.25) is 4.79 Å². The molecule has 0 bridgehead atoms. The molecule has 0 aliphatic carbocycles. The van der Waals surface area contributed by atoms with Crippen LogP contribution in [0, 0.1) is 11.6 Å². The van der Waals surface area contributed by atoms with Gasteiger partial charge in [-0.1, -0.05) is 18.2 Å². The van der Waals surface area contributed by atoms with Crippen molar-refractivity contribution in [1.29, 1.82) is 0 Å². The van der Waals surface area contributed by atoms with Crippen LogP contribution < -0.4 is 10.0 Å². The Morgan fingerprint density at radius 2 is 1.77 bits per heavy atom. The molecule has 0 atom stereocenters. The molecule has 0 aliphatic rings. The van der Waals surface area contributed by atoms with Crippen LogP contribution in [0.25, 0.3) is 0 Å². The van der Waals surface area contributed by atoms with Gasteiger partial charge in [0.1, 0.15) is 16.5 Å². The molecular weight excluding hydrogens is 314 g/mol. The van der Waals surface area contributed by atoms with Gasteiger partial charge in [-0.25, -0.2) is 21.9 Å². The molecule has 0 aromatic heterocycles. The van der Waals surface area contributed by atoms with Crippen molar-refractivity contribution in [2.75, 3.05) is 11.9 Å². The van der Waals surface area contributed by atoms with Crippen molar-refractivity contribution in [3.05, 3.63) is 60.2 Å². The average Bonchev–Trinajstić information content (AvgIpc) is 2.45. The second kappa shape index (κ2) is 6.63. The normalized spacial score (nSPS) is 11.2. The fourth-order valence-corrected chi connectivity index (χ4v) is 2.73. The van der Waals surface area contributed by atoms with Crippen molar-refractivity contribution < 1.29 is 22.0 Å². The summed E-state index contributed by atoms with van der Waals surface area (Å²) in [6, 6.07) is 9.94. The van der Waals surface area contributed by atoms with Crippen molar-refractivity contribution in [3.63, 3.8) is 0 Å². The van der Waals surface area contributed by atoms with Crippen LogP contribution in [0.3, 0.4) is 0 Å². The van der Waals surface area contributed by atoms with Crippen LogP contribution in [0.5, 0.6) is 0 Å². The number of benzene rings is 2. The van der Waals surface area contributed by atoms with Crippen molar-refractivity contribution in [2.24, 2.45) is 0 Å². The molecule has 0 unspecified atom stereocenters. The number of halogens is 2. The van der Waals surface area contributed by atoms with Gasteiger partial charge in [0.15, 0.2) is 0 Å². The topological polar surface area (TPSA) is 75.3 Å². The van der Waals surface area contributed by atoms with Gasteiger partial charge in [0.05, 0.1) is 6.54 Å². The van der Waals surface area contributed by atoms with Gasteiger partial charge in [0.25, 0.3) is 0 Å². The summed E-state index contributed by atoms with van der Waals surface area (Å²) in [6.07, 6.45) is 0. The van der Waals surface area contributed by atoms with E-state index in [1.807, 2.05) is 4.72 Å². The van der Waals surface area contributed by atoms with E-state index < -0.39 is 39.0 Å². The molecule has 22 heavy (non-hydrogen) atoms. The monoisotopic (exact) mass is 326 g/mol. The van der Waals surface area contributed by atoms with Gasteiger partial charge in [0.2, 0.25) is 15.9 Å². The van der Waals surface area contributed by atoms with Crippen LogP contribution >= 0.6 is 0 Å². The third kappa shape index (κ3) is 4.09. The fourth-order valence-electron chi connectivity index (χ4n) is 1.67. The van der Waals surface area contributed by atoms with E-state index >= 15 is 0 Å². The number of sulfonamides is 1. The van der Waals surface area contributed by atoms with E-state index in [4.69, 9.17) is 0 Å². The molecule has 0 fully saturated rings. The van der Waals surface area contributed by atoms with Gasteiger partial charge >= 0.3 is 0 Å². The third-order valence-electron chi connectivity index (χ3n) is 2.66. The maximum Gasteiger partial charge on any atom is 0.243 e. The lowest BCUT2D eigenvalue weighted by Crippen LogP contribution is -2.33. The van der Waals surface area contributed by atoms with Crippen LogP contribution in [-0.4, -0.2) is 20.9 Å². The van der Waals surface area contributed by atoms with Crippen molar-refractivity contribution in [3.8, 4) is 0 Å². The molecule has 5 nitrogen and oxygen atoms in total. The number of anilines is 1. The highest BCUT2D eigenvalue weighted by Gasteiger charge is 2.19. The van der Waals surface area contributed by atoms with E-state index in [9.17, 15) is 22.0 Å². The van der Waals surface area contributed by atoms with E-state index in [-0.39, 0.29) is 5.69 Å². The predicted octanol–water partition coefficient (Wildman–Crippen LogP) is 1.88. The SMILES string of the molecule is O=C(CNS(=O)(=O)c1ccccc1F)Nc1cccc(F)c1. The summed E-state index contributed by atoms with van der Waals surface area (Å²) in [7, 11) is -4.15. The predicted molar refractivity (Wildman–Crippen MR) is 76.6 cm³/mol. The molecule has 8 heteroatoms. The first kappa shape index (κ1) is 16.1. The lowest BCUT2D eigenvalue weighted by Gasteiger charge is -2.08. The van der Waals surface area contributed by atoms with Crippen LogP contribution in [0.15, 0.2) is 53.4 Å². The Labute approximate surface area is 126 Å². The average molecular weight is 326 g/mol. The molecule has 2 N–H and O–H groups in total. The van der Waals surface area contributed by atoms with Gasteiger partial charge in [-0.15, -0.1) is 0 Å². The van der Waals surface area contributed by atoms with E-state index in [0.717, 1.165) is 18.2 Å². The molecular formula is C14H12F2N2O3S. The second-order valence-corrected chi connectivity index (χ2v) is 6.05. The summed E-state index contributed by atoms with van der Waals surface area (Å²) in [5.74, 6) is -2.16. The summed E-state index contributed by atoms with van der Waals surface area (Å²) in [5, 5.41) is 2.32. The van der Waals surface area contributed by atoms with Gasteiger partial charge in [0, 0.05) is 5.69 Å². The van der Waals surface area contributed by atoms with Crippen molar-refractivity contribution in [2.45, 2.75) is 4.90 Å². The number of nitrogens with one attached hydrogen (secondary N) is 2. The summed E-state index contributed by atoms with van der Waals surface area (Å²) < 4.78 is 52.1. The smallest absolute Gasteiger partial charge is 0.243 e. The number of carbonyl (C=O) groups excluding carboxylic acids is 1. The highest BCUT2D eigenvalue weighted by Crippen LogP contribution is 2.13. The van der Waals surface area contributed by atoms with Gasteiger partial charge < -0.3 is 5.32 Å². The Balaban J connectivity index is 2.00. The minimum absolute atomic E-state index is 0.190. The van der Waals surface area contributed by atoms with E-state index in [0.29, 0.717) is 0 Å². The standard InChI is InChI=1S/C14H12F2N2O3S/c15-10-4-3-5-11(8-10)18-14(19)9-17-22(20,21)13-7-2-1-6-12(13)16/h1-8,17H,9H2,(H,18,19). The molecule has 0 spiro atoms. The maximum absolute atomic E-state index is 13.4. The molecule has 116 valence electrons. The summed E-state index contributed by atoms with van der Waals surface area (Å²) >= 11 is 0. The number of hydrogen-bond acceptors (Lipinski definition) is 3. The molecule has 0 aliphatic heterocycles. The summed E-state index contributed by atoms with van der Waals surface area (Å²) in [5.41, 5.74) is 0.190. The first-order valence-corrected chi connectivity index (χ1v) is 7.66. The number of amides is 1. The lowest BCUT2D eigenvalue weighted by atomic mass is 10.3. The van der Waals surface area contributed by atoms with Crippen LogP contribution in [-0.2, 0) is 14.8 Å². The third-order valence-corrected chi connectivity index (χ3v) is 4.09. The Hall–Kier alpha value is -2.32. The second-order valence-electron chi connectivity index (χ2n) is 4.31. The lowest BCUT2D eigenvalue weighted by molar-refractivity contribution is -0.115. The highest BCUT2D eigenvalue weighted by molar-refractivity contribution is 7.89. The summed E-state index contributed by atoms with van der Waals surface area (Å²) in [6.45, 7) is -0.604. The van der Waals surface area contributed by atoms with Crippen LogP contribution in [0.4, 0.5) is 14.5 Å². The molecule has 2 aromatic carbocycles. The zero-order valence-corrected chi connectivity index (χ0v) is 12.0. The van der Waals surface area contributed by atoms with Gasteiger partial charge in [-0.2, -0.15) is 0 Å². The Morgan fingerprint density at radius 3 is 2.45 bits per heavy atom. The highest BCUT2D eigenvalue weighted by atomic mass is 32.2.